The highest BCUT2D eigenvalue weighted by Crippen LogP contribution is 2.13. The lowest BCUT2D eigenvalue weighted by molar-refractivity contribution is -0.113. The fraction of sp³-hybridized carbons (Fsp3) is 0.222. The highest BCUT2D eigenvalue weighted by molar-refractivity contribution is 7.91. The second kappa shape index (κ2) is 4.31. The molecule has 0 aliphatic rings. The molecule has 0 aromatic heterocycles. The van der Waals surface area contributed by atoms with Crippen LogP contribution >= 0.6 is 0 Å². The maximum Gasteiger partial charge on any atom is 0.239 e. The van der Waals surface area contributed by atoms with Crippen molar-refractivity contribution in [3.8, 4) is 5.75 Å². The quantitative estimate of drug-likeness (QED) is 0.734. The Hall–Kier alpha value is -1.56. The summed E-state index contributed by atoms with van der Waals surface area (Å²) >= 11 is 0. The minimum absolute atomic E-state index is 0.0797. The van der Waals surface area contributed by atoms with Gasteiger partial charge in [-0.2, -0.15) is 0 Å². The summed E-state index contributed by atoms with van der Waals surface area (Å²) < 4.78 is 21.6. The average molecular weight is 229 g/mol. The van der Waals surface area contributed by atoms with Crippen molar-refractivity contribution in [2.24, 2.45) is 0 Å². The molecule has 1 aromatic carbocycles. The van der Waals surface area contributed by atoms with Gasteiger partial charge in [0.25, 0.3) is 0 Å². The van der Waals surface area contributed by atoms with Crippen LogP contribution in [-0.4, -0.2) is 31.4 Å². The molecule has 15 heavy (non-hydrogen) atoms. The first-order chi connectivity index (χ1) is 6.87. The molecule has 0 atom stereocenters. The third kappa shape index (κ3) is 4.46. The number of aromatic hydroxyl groups is 1. The zero-order valence-electron chi connectivity index (χ0n) is 8.10. The second-order valence-electron chi connectivity index (χ2n) is 3.17. The summed E-state index contributed by atoms with van der Waals surface area (Å²) in [7, 11) is -3.31. The summed E-state index contributed by atoms with van der Waals surface area (Å²) in [6.45, 7) is 0. The van der Waals surface area contributed by atoms with E-state index in [0.29, 0.717) is 5.69 Å². The van der Waals surface area contributed by atoms with Gasteiger partial charge in [-0.3, -0.25) is 4.79 Å². The van der Waals surface area contributed by atoms with Gasteiger partial charge in [-0.25, -0.2) is 8.42 Å². The van der Waals surface area contributed by atoms with Gasteiger partial charge < -0.3 is 10.4 Å². The van der Waals surface area contributed by atoms with Gasteiger partial charge in [0, 0.05) is 11.9 Å². The van der Waals surface area contributed by atoms with Gasteiger partial charge in [0.15, 0.2) is 9.84 Å². The number of carbonyl (C=O) groups excluding carboxylic acids is 1. The molecule has 0 unspecified atom stereocenters. The van der Waals surface area contributed by atoms with E-state index < -0.39 is 21.5 Å². The van der Waals surface area contributed by atoms with E-state index in [2.05, 4.69) is 5.32 Å². The molecule has 1 aromatic rings. The summed E-state index contributed by atoms with van der Waals surface area (Å²) in [5.41, 5.74) is 0.446. The van der Waals surface area contributed by atoms with Crippen molar-refractivity contribution in [1.82, 2.24) is 0 Å². The number of benzene rings is 1. The van der Waals surface area contributed by atoms with Crippen LogP contribution in [0.3, 0.4) is 0 Å². The molecular weight excluding hydrogens is 218 g/mol. The van der Waals surface area contributed by atoms with Gasteiger partial charge in [-0.05, 0) is 24.3 Å². The van der Waals surface area contributed by atoms with E-state index in [4.69, 9.17) is 5.11 Å². The van der Waals surface area contributed by atoms with Gasteiger partial charge in [0.05, 0.1) is 0 Å². The van der Waals surface area contributed by atoms with E-state index in [-0.39, 0.29) is 5.75 Å². The topological polar surface area (TPSA) is 83.5 Å². The Labute approximate surface area is 87.7 Å². The number of carbonyl (C=O) groups is 1. The van der Waals surface area contributed by atoms with Crippen LogP contribution < -0.4 is 5.32 Å². The molecule has 0 aliphatic heterocycles. The molecule has 0 aliphatic carbocycles. The molecular formula is C9H11NO4S. The van der Waals surface area contributed by atoms with Crippen LogP contribution in [0.1, 0.15) is 0 Å². The van der Waals surface area contributed by atoms with E-state index in [1.54, 1.807) is 0 Å². The van der Waals surface area contributed by atoms with Gasteiger partial charge in [0.2, 0.25) is 5.91 Å². The zero-order valence-corrected chi connectivity index (χ0v) is 8.91. The van der Waals surface area contributed by atoms with Crippen molar-refractivity contribution >= 4 is 21.4 Å². The molecule has 2 N–H and O–H groups in total. The number of nitrogens with one attached hydrogen (secondary N) is 1. The van der Waals surface area contributed by atoms with Crippen molar-refractivity contribution in [3.63, 3.8) is 0 Å². The molecule has 0 radical (unpaired) electrons. The summed E-state index contributed by atoms with van der Waals surface area (Å²) in [5.74, 6) is -1.06. The Balaban J connectivity index is 2.63. The monoisotopic (exact) mass is 229 g/mol. The molecule has 0 spiro atoms. The third-order valence-corrected chi connectivity index (χ3v) is 2.33. The fourth-order valence-corrected chi connectivity index (χ4v) is 1.53. The van der Waals surface area contributed by atoms with Crippen molar-refractivity contribution in [2.75, 3.05) is 17.3 Å². The molecule has 0 bridgehead atoms. The minimum Gasteiger partial charge on any atom is -0.508 e. The molecule has 0 saturated heterocycles. The molecule has 0 fully saturated rings. The fourth-order valence-electron chi connectivity index (χ4n) is 0.980. The van der Waals surface area contributed by atoms with Crippen molar-refractivity contribution in [2.45, 2.75) is 0 Å². The van der Waals surface area contributed by atoms with Crippen molar-refractivity contribution in [3.05, 3.63) is 24.3 Å². The van der Waals surface area contributed by atoms with E-state index >= 15 is 0 Å². The predicted molar refractivity (Wildman–Crippen MR) is 56.4 cm³/mol. The van der Waals surface area contributed by atoms with Crippen LogP contribution in [0.25, 0.3) is 0 Å². The highest BCUT2D eigenvalue weighted by atomic mass is 32.2. The lowest BCUT2D eigenvalue weighted by Crippen LogP contribution is -2.21. The number of rotatable bonds is 3. The SMILES string of the molecule is CS(=O)(=O)CC(=O)Nc1ccc(O)cc1. The predicted octanol–water partition coefficient (Wildman–Crippen LogP) is 0.375. The standard InChI is InChI=1S/C9H11NO4S/c1-15(13,14)6-9(12)10-7-2-4-8(11)5-3-7/h2-5,11H,6H2,1H3,(H,10,12). The Morgan fingerprint density at radius 3 is 2.33 bits per heavy atom. The Kier molecular flexibility index (Phi) is 3.31. The molecule has 82 valence electrons. The maximum absolute atomic E-state index is 11.2. The smallest absolute Gasteiger partial charge is 0.239 e. The second-order valence-corrected chi connectivity index (χ2v) is 5.31. The number of hydrogen-bond donors (Lipinski definition) is 2. The summed E-state index contributed by atoms with van der Waals surface area (Å²) in [5, 5.41) is 11.4. The van der Waals surface area contributed by atoms with Gasteiger partial charge in [0.1, 0.15) is 11.5 Å². The van der Waals surface area contributed by atoms with Gasteiger partial charge >= 0.3 is 0 Å². The Bertz CT molecular complexity index is 450. The van der Waals surface area contributed by atoms with Gasteiger partial charge in [-0.1, -0.05) is 0 Å². The molecule has 1 amide bonds. The number of sulfone groups is 1. The van der Waals surface area contributed by atoms with Crippen LogP contribution in [-0.2, 0) is 14.6 Å². The minimum atomic E-state index is -3.31. The molecule has 0 heterocycles. The number of phenolic OH excluding ortho intramolecular Hbond substituents is 1. The number of phenols is 1. The molecule has 6 heteroatoms. The van der Waals surface area contributed by atoms with Gasteiger partial charge in [-0.15, -0.1) is 0 Å². The maximum atomic E-state index is 11.2. The van der Waals surface area contributed by atoms with Crippen molar-refractivity contribution < 1.29 is 18.3 Å². The first-order valence-corrected chi connectivity index (χ1v) is 6.19. The van der Waals surface area contributed by atoms with Crippen LogP contribution in [0, 0.1) is 0 Å². The molecule has 0 saturated carbocycles. The lowest BCUT2D eigenvalue weighted by Gasteiger charge is -2.03. The van der Waals surface area contributed by atoms with E-state index in [0.717, 1.165) is 6.26 Å². The summed E-state index contributed by atoms with van der Waals surface area (Å²) in [4.78, 5) is 11.2. The Morgan fingerprint density at radius 2 is 1.87 bits per heavy atom. The molecule has 1 rings (SSSR count). The molecule has 5 nitrogen and oxygen atoms in total. The first kappa shape index (κ1) is 11.5. The largest absolute Gasteiger partial charge is 0.508 e. The van der Waals surface area contributed by atoms with Crippen LogP contribution in [0.4, 0.5) is 5.69 Å². The normalized spacial score (nSPS) is 11.0. The van der Waals surface area contributed by atoms with Crippen molar-refractivity contribution in [1.29, 1.82) is 0 Å². The Morgan fingerprint density at radius 1 is 1.33 bits per heavy atom. The van der Waals surface area contributed by atoms with Crippen LogP contribution in [0.2, 0.25) is 0 Å². The van der Waals surface area contributed by atoms with E-state index in [9.17, 15) is 13.2 Å². The summed E-state index contributed by atoms with van der Waals surface area (Å²) in [6, 6.07) is 5.76. The number of hydrogen-bond acceptors (Lipinski definition) is 4. The first-order valence-electron chi connectivity index (χ1n) is 4.13. The summed E-state index contributed by atoms with van der Waals surface area (Å²) in [6.07, 6.45) is 0.989. The highest BCUT2D eigenvalue weighted by Gasteiger charge is 2.10. The van der Waals surface area contributed by atoms with Crippen LogP contribution in [0.15, 0.2) is 24.3 Å². The lowest BCUT2D eigenvalue weighted by atomic mass is 10.3. The zero-order chi connectivity index (χ0) is 11.5. The number of anilines is 1. The van der Waals surface area contributed by atoms with E-state index in [1.807, 2.05) is 0 Å². The average Bonchev–Trinajstić information content (AvgIpc) is 2.05. The van der Waals surface area contributed by atoms with Crippen LogP contribution in [0.5, 0.6) is 5.75 Å². The third-order valence-electron chi connectivity index (χ3n) is 1.54. The number of amides is 1. The van der Waals surface area contributed by atoms with E-state index in [1.165, 1.54) is 24.3 Å².